The fourth-order valence-corrected chi connectivity index (χ4v) is 0.602. The molecule has 10 heavy (non-hydrogen) atoms. The van der Waals surface area contributed by atoms with Crippen LogP contribution in [0.5, 0.6) is 0 Å². The molecule has 0 aromatic heterocycles. The van der Waals surface area contributed by atoms with E-state index in [0.29, 0.717) is 0 Å². The molecular formula is C2H8N6OS. The van der Waals surface area contributed by atoms with Crippen LogP contribution >= 0.6 is 0 Å². The summed E-state index contributed by atoms with van der Waals surface area (Å²) < 4.78 is 16.7. The van der Waals surface area contributed by atoms with Crippen molar-refractivity contribution in [3.63, 3.8) is 0 Å². The van der Waals surface area contributed by atoms with Gasteiger partial charge in [-0.05, 0) is 0 Å². The van der Waals surface area contributed by atoms with Gasteiger partial charge in [0.05, 0.1) is 0 Å². The zero-order chi connectivity index (χ0) is 8.15. The van der Waals surface area contributed by atoms with Gasteiger partial charge in [0, 0.05) is 0 Å². The van der Waals surface area contributed by atoms with Gasteiger partial charge < -0.3 is 22.9 Å². The number of hydrogen-bond acceptors (Lipinski definition) is 1. The van der Waals surface area contributed by atoms with Crippen molar-refractivity contribution in [1.29, 1.82) is 0 Å². The van der Waals surface area contributed by atoms with Crippen LogP contribution in [0.3, 0.4) is 0 Å². The van der Waals surface area contributed by atoms with Crippen molar-refractivity contribution in [3.8, 4) is 0 Å². The Labute approximate surface area is 59.9 Å². The largest absolute Gasteiger partial charge is 0.369 e. The number of guanidine groups is 2. The predicted molar refractivity (Wildman–Crippen MR) is 39.8 cm³/mol. The van der Waals surface area contributed by atoms with Crippen molar-refractivity contribution >= 4 is 23.1 Å². The molecule has 0 amide bonds. The first kappa shape index (κ1) is 8.69. The Bertz CT molecular complexity index is 168. The molecule has 0 radical (unpaired) electrons. The molecule has 0 rings (SSSR count). The molecule has 0 saturated carbocycles. The van der Waals surface area contributed by atoms with Crippen molar-refractivity contribution in [2.45, 2.75) is 0 Å². The number of nitrogens with two attached hydrogens (primary N) is 4. The Morgan fingerprint density at radius 3 is 1.50 bits per heavy atom. The molecule has 0 aromatic rings. The van der Waals surface area contributed by atoms with E-state index in [1.54, 1.807) is 0 Å². The van der Waals surface area contributed by atoms with E-state index in [2.05, 4.69) is 8.80 Å². The maximum Gasteiger partial charge on any atom is 0.272 e. The van der Waals surface area contributed by atoms with Gasteiger partial charge in [-0.1, -0.05) is 0 Å². The van der Waals surface area contributed by atoms with E-state index in [1.165, 1.54) is 0 Å². The standard InChI is InChI=1S/C2H8N6OS/c3-1(4)7-10(9)8-2(5)6/h(H4,3,4,7)(H4,5,6,8). The second-order valence-electron chi connectivity index (χ2n) is 1.26. The molecule has 8 heteroatoms. The highest BCUT2D eigenvalue weighted by Crippen LogP contribution is 1.81. The molecule has 58 valence electrons. The van der Waals surface area contributed by atoms with Crippen molar-refractivity contribution in [3.05, 3.63) is 0 Å². The lowest BCUT2D eigenvalue weighted by atomic mass is 11.1. The molecule has 7 nitrogen and oxygen atoms in total. The highest BCUT2D eigenvalue weighted by molar-refractivity contribution is 7.82. The molecule has 0 fully saturated rings. The second kappa shape index (κ2) is 3.67. The summed E-state index contributed by atoms with van der Waals surface area (Å²) in [6.45, 7) is 0. The van der Waals surface area contributed by atoms with Gasteiger partial charge in [-0.15, -0.1) is 8.80 Å². The lowest BCUT2D eigenvalue weighted by molar-refractivity contribution is 0.685. The van der Waals surface area contributed by atoms with Gasteiger partial charge in [0.1, 0.15) is 0 Å². The minimum Gasteiger partial charge on any atom is -0.369 e. The van der Waals surface area contributed by atoms with Crippen LogP contribution in [0.2, 0.25) is 0 Å². The van der Waals surface area contributed by atoms with Gasteiger partial charge >= 0.3 is 0 Å². The predicted octanol–water partition coefficient (Wildman–Crippen LogP) is -2.89. The van der Waals surface area contributed by atoms with E-state index in [1.807, 2.05) is 0 Å². The fraction of sp³-hybridized carbons (Fsp3) is 0. The van der Waals surface area contributed by atoms with Crippen molar-refractivity contribution < 1.29 is 4.21 Å². The minimum absolute atomic E-state index is 0.330. The van der Waals surface area contributed by atoms with E-state index in [9.17, 15) is 4.21 Å². The molecule has 0 aliphatic rings. The summed E-state index contributed by atoms with van der Waals surface area (Å²) in [6, 6.07) is 0. The molecule has 0 saturated heterocycles. The van der Waals surface area contributed by atoms with Gasteiger partial charge in [0.2, 0.25) is 11.9 Å². The Morgan fingerprint density at radius 2 is 1.30 bits per heavy atom. The number of hydrogen-bond donors (Lipinski definition) is 4. The van der Waals surface area contributed by atoms with Crippen molar-refractivity contribution in [1.82, 2.24) is 0 Å². The van der Waals surface area contributed by atoms with Crippen LogP contribution < -0.4 is 22.9 Å². The maximum atomic E-state index is 10.5. The quantitative estimate of drug-likeness (QED) is 0.255. The third-order valence-corrected chi connectivity index (χ3v) is 1.10. The summed E-state index contributed by atoms with van der Waals surface area (Å²) in [5.74, 6) is -0.660. The monoisotopic (exact) mass is 164 g/mol. The molecule has 8 N–H and O–H groups in total. The first-order valence-corrected chi connectivity index (χ1v) is 3.20. The molecule has 0 spiro atoms. The van der Waals surface area contributed by atoms with E-state index < -0.39 is 11.2 Å². The molecule has 0 heterocycles. The topological polar surface area (TPSA) is 146 Å². The first-order valence-electron chi connectivity index (χ1n) is 2.13. The minimum atomic E-state index is -1.90. The summed E-state index contributed by atoms with van der Waals surface area (Å²) >= 11 is -1.90. The van der Waals surface area contributed by atoms with Crippen LogP contribution in [0.1, 0.15) is 0 Å². The van der Waals surface area contributed by atoms with Crippen LogP contribution in [-0.2, 0) is 11.2 Å². The summed E-state index contributed by atoms with van der Waals surface area (Å²) in [4.78, 5) is 0. The van der Waals surface area contributed by atoms with Crippen LogP contribution in [0.4, 0.5) is 0 Å². The molecule has 0 bridgehead atoms. The summed E-state index contributed by atoms with van der Waals surface area (Å²) in [5, 5.41) is 0. The van der Waals surface area contributed by atoms with Gasteiger partial charge in [-0.25, -0.2) is 4.21 Å². The molecule has 0 aromatic carbocycles. The lowest BCUT2D eigenvalue weighted by Crippen LogP contribution is -2.25. The van der Waals surface area contributed by atoms with E-state index >= 15 is 0 Å². The smallest absolute Gasteiger partial charge is 0.272 e. The highest BCUT2D eigenvalue weighted by Gasteiger charge is 1.91. The first-order chi connectivity index (χ1) is 4.52. The summed E-state index contributed by atoms with van der Waals surface area (Å²) in [7, 11) is 0. The normalized spacial score (nSPS) is 8.90. The Hall–Kier alpha value is -1.31. The van der Waals surface area contributed by atoms with Crippen molar-refractivity contribution in [2.24, 2.45) is 31.7 Å². The lowest BCUT2D eigenvalue weighted by Gasteiger charge is -1.88. The maximum absolute atomic E-state index is 10.5. The molecule has 0 atom stereocenters. The zero-order valence-electron chi connectivity index (χ0n) is 5.02. The fourth-order valence-electron chi connectivity index (χ4n) is 0.201. The molecular weight excluding hydrogens is 156 g/mol. The van der Waals surface area contributed by atoms with Gasteiger partial charge in [-0.3, -0.25) is 0 Å². The van der Waals surface area contributed by atoms with E-state index in [0.717, 1.165) is 0 Å². The van der Waals surface area contributed by atoms with Crippen LogP contribution in [0, 0.1) is 0 Å². The number of nitrogens with zero attached hydrogens (tertiary/aromatic N) is 2. The molecule has 0 aliphatic carbocycles. The van der Waals surface area contributed by atoms with Crippen LogP contribution in [0.25, 0.3) is 0 Å². The SMILES string of the molecule is NC(N)=NS(=O)N=C(N)N. The third kappa shape index (κ3) is 4.84. The van der Waals surface area contributed by atoms with Crippen LogP contribution in [-0.4, -0.2) is 16.1 Å². The summed E-state index contributed by atoms with van der Waals surface area (Å²) in [6.07, 6.45) is 0. The van der Waals surface area contributed by atoms with Gasteiger partial charge in [0.25, 0.3) is 11.2 Å². The van der Waals surface area contributed by atoms with E-state index in [-0.39, 0.29) is 11.9 Å². The van der Waals surface area contributed by atoms with Crippen molar-refractivity contribution in [2.75, 3.05) is 0 Å². The Morgan fingerprint density at radius 1 is 1.00 bits per heavy atom. The Balaban J connectivity index is 4.14. The molecule has 0 aliphatic heterocycles. The zero-order valence-corrected chi connectivity index (χ0v) is 5.84. The third-order valence-electron chi connectivity index (χ3n) is 0.367. The molecule has 0 unspecified atom stereocenters. The van der Waals surface area contributed by atoms with Gasteiger partial charge in [0.15, 0.2) is 0 Å². The van der Waals surface area contributed by atoms with Crippen LogP contribution in [0.15, 0.2) is 8.80 Å². The van der Waals surface area contributed by atoms with E-state index in [4.69, 9.17) is 22.9 Å². The number of rotatable bonds is 2. The van der Waals surface area contributed by atoms with Gasteiger partial charge in [-0.2, -0.15) is 0 Å². The highest BCUT2D eigenvalue weighted by atomic mass is 32.2. The average molecular weight is 164 g/mol. The second-order valence-corrected chi connectivity index (χ2v) is 2.09. The average Bonchev–Trinajstić information content (AvgIpc) is 1.58. The summed E-state index contributed by atoms with van der Waals surface area (Å²) in [5.41, 5.74) is 19.4. The Kier molecular flexibility index (Phi) is 3.19.